The van der Waals surface area contributed by atoms with Crippen molar-refractivity contribution in [2.75, 3.05) is 0 Å². The molecule has 14 heavy (non-hydrogen) atoms. The highest BCUT2D eigenvalue weighted by atomic mass is 32.1. The molecular weight excluding hydrogens is 196 g/mol. The second-order valence-corrected chi connectivity index (χ2v) is 3.54. The predicted octanol–water partition coefficient (Wildman–Crippen LogP) is 2.66. The molecule has 1 rings (SSSR count). The first kappa shape index (κ1) is 10.6. The molecule has 0 atom stereocenters. The van der Waals surface area contributed by atoms with E-state index in [1.54, 1.807) is 5.38 Å². The maximum Gasteiger partial charge on any atom is 0.183 e. The highest BCUT2D eigenvalue weighted by Crippen LogP contribution is 2.13. The van der Waals surface area contributed by atoms with Gasteiger partial charge in [-0.1, -0.05) is 6.08 Å². The first-order chi connectivity index (χ1) is 6.77. The third kappa shape index (κ3) is 2.79. The molecule has 1 aromatic rings. The zero-order valence-corrected chi connectivity index (χ0v) is 8.67. The summed E-state index contributed by atoms with van der Waals surface area (Å²) in [6.45, 7) is 1.90. The summed E-state index contributed by atoms with van der Waals surface area (Å²) in [6.07, 6.45) is 4.25. The number of hydrogen-bond acceptors (Lipinski definition) is 4. The molecule has 0 radical (unpaired) electrons. The number of Topliss-reactive ketones (excluding diaryl/α,β-unsaturated/α-hetero) is 1. The van der Waals surface area contributed by atoms with E-state index in [4.69, 9.17) is 5.26 Å². The van der Waals surface area contributed by atoms with E-state index in [0.717, 1.165) is 5.01 Å². The molecule has 0 N–H and O–H groups in total. The van der Waals surface area contributed by atoms with Crippen LogP contribution in [0.1, 0.15) is 35.3 Å². The molecule has 3 nitrogen and oxygen atoms in total. The van der Waals surface area contributed by atoms with Gasteiger partial charge in [0.2, 0.25) is 0 Å². The Morgan fingerprint density at radius 1 is 1.79 bits per heavy atom. The lowest BCUT2D eigenvalue weighted by Crippen LogP contribution is -1.98. The van der Waals surface area contributed by atoms with Gasteiger partial charge in [0, 0.05) is 18.2 Å². The average Bonchev–Trinajstić information content (AvgIpc) is 2.63. The maximum atomic E-state index is 11.4. The molecule has 0 bridgehead atoms. The van der Waals surface area contributed by atoms with E-state index in [-0.39, 0.29) is 18.6 Å². The van der Waals surface area contributed by atoms with Crippen LogP contribution in [0.5, 0.6) is 0 Å². The lowest BCUT2D eigenvalue weighted by Gasteiger charge is -1.89. The van der Waals surface area contributed by atoms with Gasteiger partial charge in [-0.05, 0) is 13.0 Å². The van der Waals surface area contributed by atoms with Gasteiger partial charge in [-0.25, -0.2) is 4.98 Å². The van der Waals surface area contributed by atoms with Gasteiger partial charge in [0.25, 0.3) is 0 Å². The number of thiazole rings is 1. The Morgan fingerprint density at radius 3 is 3.21 bits per heavy atom. The van der Waals surface area contributed by atoms with Crippen molar-refractivity contribution in [3.8, 4) is 6.07 Å². The van der Waals surface area contributed by atoms with Crippen molar-refractivity contribution in [1.82, 2.24) is 4.98 Å². The van der Waals surface area contributed by atoms with Crippen molar-refractivity contribution in [2.45, 2.75) is 19.8 Å². The van der Waals surface area contributed by atoms with Crippen LogP contribution >= 0.6 is 11.3 Å². The van der Waals surface area contributed by atoms with Crippen molar-refractivity contribution in [1.29, 1.82) is 5.26 Å². The summed E-state index contributed by atoms with van der Waals surface area (Å²) in [5.74, 6) is -0.0569. The summed E-state index contributed by atoms with van der Waals surface area (Å²) >= 11 is 1.43. The number of nitriles is 1. The molecule has 0 fully saturated rings. The molecule has 0 amide bonds. The average molecular weight is 206 g/mol. The number of carbonyl (C=O) groups is 1. The van der Waals surface area contributed by atoms with Crippen LogP contribution in [0.4, 0.5) is 0 Å². The Morgan fingerprint density at radius 2 is 2.57 bits per heavy atom. The van der Waals surface area contributed by atoms with Gasteiger partial charge in [0.1, 0.15) is 10.7 Å². The number of ketones is 1. The molecule has 4 heteroatoms. The van der Waals surface area contributed by atoms with Gasteiger partial charge in [-0.3, -0.25) is 4.79 Å². The van der Waals surface area contributed by atoms with Crippen LogP contribution in [0.15, 0.2) is 11.5 Å². The van der Waals surface area contributed by atoms with Crippen molar-refractivity contribution >= 4 is 23.2 Å². The van der Waals surface area contributed by atoms with E-state index in [1.165, 1.54) is 11.3 Å². The fourth-order valence-electron chi connectivity index (χ4n) is 0.932. The maximum absolute atomic E-state index is 11.4. The Hall–Kier alpha value is -1.47. The molecule has 1 heterocycles. The van der Waals surface area contributed by atoms with Gasteiger partial charge >= 0.3 is 0 Å². The number of allylic oxidation sites excluding steroid dienone is 1. The number of hydrogen-bond donors (Lipinski definition) is 0. The fraction of sp³-hybridized carbons (Fsp3) is 0.300. The lowest BCUT2D eigenvalue weighted by molar-refractivity contribution is 0.0980. The third-order valence-corrected chi connectivity index (χ3v) is 2.39. The smallest absolute Gasteiger partial charge is 0.183 e. The van der Waals surface area contributed by atoms with Gasteiger partial charge in [-0.15, -0.1) is 11.3 Å². The molecule has 0 saturated carbocycles. The number of aromatic nitrogens is 1. The monoisotopic (exact) mass is 206 g/mol. The molecule has 0 unspecified atom stereocenters. The summed E-state index contributed by atoms with van der Waals surface area (Å²) in [5.41, 5.74) is 0.471. The van der Waals surface area contributed by atoms with E-state index >= 15 is 0 Å². The number of nitrogens with zero attached hydrogens (tertiary/aromatic N) is 2. The zero-order valence-electron chi connectivity index (χ0n) is 7.86. The SMILES string of the molecule is C/C=C\c1nc(C(=O)CCC#N)cs1. The van der Waals surface area contributed by atoms with Gasteiger partial charge in [-0.2, -0.15) is 5.26 Å². The Bertz CT molecular complexity index is 387. The molecule has 0 spiro atoms. The molecule has 0 saturated heterocycles. The molecule has 0 aliphatic carbocycles. The van der Waals surface area contributed by atoms with E-state index < -0.39 is 0 Å². The second kappa shape index (κ2) is 5.30. The topological polar surface area (TPSA) is 53.8 Å². The Labute approximate surface area is 86.7 Å². The lowest BCUT2D eigenvalue weighted by atomic mass is 10.2. The van der Waals surface area contributed by atoms with Crippen LogP contribution in [0.3, 0.4) is 0 Å². The van der Waals surface area contributed by atoms with Crippen molar-refractivity contribution in [2.24, 2.45) is 0 Å². The van der Waals surface area contributed by atoms with Gasteiger partial charge < -0.3 is 0 Å². The quantitative estimate of drug-likeness (QED) is 0.711. The Balaban J connectivity index is 2.67. The summed E-state index contributed by atoms with van der Waals surface area (Å²) < 4.78 is 0. The van der Waals surface area contributed by atoms with Crippen molar-refractivity contribution in [3.05, 3.63) is 22.2 Å². The third-order valence-electron chi connectivity index (χ3n) is 1.58. The van der Waals surface area contributed by atoms with Gasteiger partial charge in [0.05, 0.1) is 6.07 Å². The largest absolute Gasteiger partial charge is 0.292 e. The highest BCUT2D eigenvalue weighted by molar-refractivity contribution is 7.10. The van der Waals surface area contributed by atoms with Crippen LogP contribution in [-0.2, 0) is 0 Å². The minimum atomic E-state index is -0.0569. The predicted molar refractivity (Wildman–Crippen MR) is 56.0 cm³/mol. The van der Waals surface area contributed by atoms with Gasteiger partial charge in [0.15, 0.2) is 5.78 Å². The summed E-state index contributed by atoms with van der Waals surface area (Å²) in [7, 11) is 0. The molecule has 1 aromatic heterocycles. The van der Waals surface area contributed by atoms with Crippen molar-refractivity contribution < 1.29 is 4.79 Å². The van der Waals surface area contributed by atoms with Crippen LogP contribution in [0, 0.1) is 11.3 Å². The minimum Gasteiger partial charge on any atom is -0.292 e. The number of carbonyl (C=O) groups excluding carboxylic acids is 1. The molecule has 72 valence electrons. The molecular formula is C10H10N2OS. The van der Waals surface area contributed by atoms with Crippen molar-refractivity contribution in [3.63, 3.8) is 0 Å². The normalized spacial score (nSPS) is 10.3. The van der Waals surface area contributed by atoms with E-state index in [9.17, 15) is 4.79 Å². The summed E-state index contributed by atoms with van der Waals surface area (Å²) in [5, 5.41) is 10.9. The standard InChI is InChI=1S/C10H10N2OS/c1-2-4-10-12-8(7-14-10)9(13)5-3-6-11/h2,4,7H,3,5H2,1H3/b4-2-. The first-order valence-corrected chi connectivity index (χ1v) is 5.14. The zero-order chi connectivity index (χ0) is 10.4. The van der Waals surface area contributed by atoms with Crippen LogP contribution in [0.2, 0.25) is 0 Å². The second-order valence-electron chi connectivity index (χ2n) is 2.65. The number of rotatable bonds is 4. The van der Waals surface area contributed by atoms with E-state index in [1.807, 2.05) is 25.1 Å². The Kier molecular flexibility index (Phi) is 4.02. The van der Waals surface area contributed by atoms with Crippen LogP contribution < -0.4 is 0 Å². The minimum absolute atomic E-state index is 0.0569. The fourth-order valence-corrected chi connectivity index (χ4v) is 1.71. The van der Waals surface area contributed by atoms with Crippen LogP contribution in [-0.4, -0.2) is 10.8 Å². The summed E-state index contributed by atoms with van der Waals surface area (Å²) in [4.78, 5) is 15.5. The van der Waals surface area contributed by atoms with Crippen LogP contribution in [0.25, 0.3) is 6.08 Å². The molecule has 0 aliphatic rings. The molecule has 0 aromatic carbocycles. The molecule has 0 aliphatic heterocycles. The van der Waals surface area contributed by atoms with E-state index in [2.05, 4.69) is 4.98 Å². The first-order valence-electron chi connectivity index (χ1n) is 4.26. The van der Waals surface area contributed by atoms with E-state index in [0.29, 0.717) is 5.69 Å². The highest BCUT2D eigenvalue weighted by Gasteiger charge is 2.08. The summed E-state index contributed by atoms with van der Waals surface area (Å²) in [6, 6.07) is 1.94.